The molecule has 0 aromatic carbocycles. The molecule has 0 aliphatic carbocycles. The number of carbonyl (C=O) groups excluding carboxylic acids is 1. The van der Waals surface area contributed by atoms with Crippen molar-refractivity contribution in [3.63, 3.8) is 0 Å². The number of rotatable bonds is 6. The van der Waals surface area contributed by atoms with Gasteiger partial charge in [-0.05, 0) is 20.2 Å². The van der Waals surface area contributed by atoms with Crippen molar-refractivity contribution in [2.45, 2.75) is 32.0 Å². The Balaban J connectivity index is 1.59. The number of aromatic nitrogens is 3. The van der Waals surface area contributed by atoms with Gasteiger partial charge in [0.05, 0.1) is 24.5 Å². The zero-order valence-corrected chi connectivity index (χ0v) is 14.4. The number of aromatic amines is 1. The summed E-state index contributed by atoms with van der Waals surface area (Å²) < 4.78 is 6.82. The highest BCUT2D eigenvalue weighted by Crippen LogP contribution is 2.19. The maximum absolute atomic E-state index is 12.4. The quantitative estimate of drug-likeness (QED) is 0.744. The van der Waals surface area contributed by atoms with E-state index < -0.39 is 6.10 Å². The van der Waals surface area contributed by atoms with Crippen LogP contribution in [-0.2, 0) is 24.3 Å². The van der Waals surface area contributed by atoms with Crippen molar-refractivity contribution in [3.8, 4) is 0 Å². The molecule has 2 aromatic heterocycles. The highest BCUT2D eigenvalue weighted by molar-refractivity contribution is 5.76. The number of hydrogen-bond donors (Lipinski definition) is 2. The number of carbonyl (C=O) groups is 1. The van der Waals surface area contributed by atoms with Crippen molar-refractivity contribution in [3.05, 3.63) is 39.6 Å². The number of fused-ring (bicyclic) bond motifs is 1. The van der Waals surface area contributed by atoms with Gasteiger partial charge in [0, 0.05) is 32.0 Å². The monoisotopic (exact) mass is 349 g/mol. The predicted molar refractivity (Wildman–Crippen MR) is 88.8 cm³/mol. The van der Waals surface area contributed by atoms with E-state index >= 15 is 0 Å². The molecule has 3 rings (SSSR count). The Bertz CT molecular complexity index is 791. The summed E-state index contributed by atoms with van der Waals surface area (Å²) in [6.07, 6.45) is 0.0271. The van der Waals surface area contributed by atoms with Gasteiger partial charge < -0.3 is 19.4 Å². The van der Waals surface area contributed by atoms with Crippen LogP contribution in [0.3, 0.4) is 0 Å². The van der Waals surface area contributed by atoms with Gasteiger partial charge in [-0.3, -0.25) is 14.3 Å². The van der Waals surface area contributed by atoms with Crippen molar-refractivity contribution in [2.24, 2.45) is 0 Å². The van der Waals surface area contributed by atoms with Gasteiger partial charge in [0.2, 0.25) is 5.91 Å². The zero-order valence-electron chi connectivity index (χ0n) is 14.4. The highest BCUT2D eigenvalue weighted by Gasteiger charge is 2.24. The minimum Gasteiger partial charge on any atom is -0.385 e. The Morgan fingerprint density at radius 1 is 1.44 bits per heavy atom. The van der Waals surface area contributed by atoms with Crippen LogP contribution in [-0.4, -0.2) is 62.9 Å². The number of amides is 1. The van der Waals surface area contributed by atoms with E-state index in [-0.39, 0.29) is 17.9 Å². The van der Waals surface area contributed by atoms with Gasteiger partial charge >= 0.3 is 0 Å². The van der Waals surface area contributed by atoms with Gasteiger partial charge in [-0.25, -0.2) is 0 Å². The summed E-state index contributed by atoms with van der Waals surface area (Å²) in [7, 11) is 3.79. The lowest BCUT2D eigenvalue weighted by Crippen LogP contribution is -2.38. The maximum Gasteiger partial charge on any atom is 0.280 e. The second kappa shape index (κ2) is 7.24. The molecule has 0 bridgehead atoms. The molecule has 2 aromatic rings. The molecule has 3 heterocycles. The Kier molecular flexibility index (Phi) is 5.05. The van der Waals surface area contributed by atoms with E-state index in [1.807, 2.05) is 29.7 Å². The fraction of sp³-hybridized carbons (Fsp3) is 0.562. The normalized spacial score (nSPS) is 15.4. The van der Waals surface area contributed by atoms with Gasteiger partial charge in [0.25, 0.3) is 5.56 Å². The summed E-state index contributed by atoms with van der Waals surface area (Å²) in [4.78, 5) is 27.1. The third-order valence-corrected chi connectivity index (χ3v) is 4.21. The van der Waals surface area contributed by atoms with E-state index in [1.165, 1.54) is 6.07 Å². The molecule has 0 spiro atoms. The Labute approximate surface area is 144 Å². The lowest BCUT2D eigenvalue weighted by atomic mass is 10.2. The second-order valence-electron chi connectivity index (χ2n) is 6.56. The molecule has 1 aliphatic heterocycles. The average Bonchev–Trinajstić information content (AvgIpc) is 3.17. The van der Waals surface area contributed by atoms with E-state index in [1.54, 1.807) is 4.90 Å². The molecule has 25 heavy (non-hydrogen) atoms. The van der Waals surface area contributed by atoms with Crippen molar-refractivity contribution >= 4 is 5.91 Å². The number of likely N-dealkylation sites (N-methyl/N-ethyl adjacent to an activating group) is 1. The molecule has 1 amide bonds. The summed E-state index contributed by atoms with van der Waals surface area (Å²) in [5, 5.41) is 16.9. The number of aliphatic hydroxyl groups excluding tert-OH is 1. The van der Waals surface area contributed by atoms with Gasteiger partial charge in [-0.2, -0.15) is 10.3 Å². The number of hydrogen-bond acceptors (Lipinski definition) is 6. The fourth-order valence-electron chi connectivity index (χ4n) is 2.94. The molecule has 9 nitrogen and oxygen atoms in total. The Hall–Kier alpha value is -2.39. The first-order valence-corrected chi connectivity index (χ1v) is 8.27. The standard InChI is InChI=1S/C16H23N5O4/c1-19(2)10-14(22)13-7-11-9-20(5-6-21(11)17-13)16(24)4-3-12-8-15(23)18-25-12/h7-8,14,22H,3-6,9-10H2,1-2H3,(H,18,23)/t14-/m0/s1. The molecular formula is C16H23N5O4. The molecule has 0 saturated carbocycles. The molecule has 136 valence electrons. The van der Waals surface area contributed by atoms with Crippen LogP contribution >= 0.6 is 0 Å². The number of H-pyrrole nitrogens is 1. The number of aliphatic hydroxyl groups is 1. The molecular weight excluding hydrogens is 326 g/mol. The van der Waals surface area contributed by atoms with Crippen LogP contribution < -0.4 is 5.56 Å². The first-order valence-electron chi connectivity index (χ1n) is 8.27. The third kappa shape index (κ3) is 4.18. The number of nitrogens with one attached hydrogen (secondary N) is 1. The Morgan fingerprint density at radius 2 is 2.24 bits per heavy atom. The predicted octanol–water partition coefficient (Wildman–Crippen LogP) is -0.266. The van der Waals surface area contributed by atoms with E-state index in [9.17, 15) is 14.7 Å². The fourth-order valence-corrected chi connectivity index (χ4v) is 2.94. The van der Waals surface area contributed by atoms with Crippen molar-refractivity contribution < 1.29 is 14.4 Å². The van der Waals surface area contributed by atoms with E-state index in [0.717, 1.165) is 5.69 Å². The van der Waals surface area contributed by atoms with Crippen LogP contribution in [0.1, 0.15) is 29.7 Å². The second-order valence-corrected chi connectivity index (χ2v) is 6.56. The van der Waals surface area contributed by atoms with Crippen molar-refractivity contribution in [1.29, 1.82) is 0 Å². The molecule has 0 saturated heterocycles. The Morgan fingerprint density at radius 3 is 2.92 bits per heavy atom. The molecule has 2 N–H and O–H groups in total. The van der Waals surface area contributed by atoms with E-state index in [0.29, 0.717) is 44.1 Å². The largest absolute Gasteiger partial charge is 0.385 e. The van der Waals surface area contributed by atoms with Gasteiger partial charge in [-0.1, -0.05) is 0 Å². The SMILES string of the molecule is CN(C)C[C@H](O)c1cc2n(n1)CCN(C(=O)CCc1cc(=O)[nH]o1)C2. The van der Waals surface area contributed by atoms with Crippen LogP contribution in [0.25, 0.3) is 0 Å². The van der Waals surface area contributed by atoms with E-state index in [2.05, 4.69) is 10.3 Å². The lowest BCUT2D eigenvalue weighted by molar-refractivity contribution is -0.132. The lowest BCUT2D eigenvalue weighted by Gasteiger charge is -2.27. The highest BCUT2D eigenvalue weighted by atomic mass is 16.5. The van der Waals surface area contributed by atoms with Gasteiger partial charge in [-0.15, -0.1) is 0 Å². The number of nitrogens with zero attached hydrogens (tertiary/aromatic N) is 4. The molecule has 9 heteroatoms. The van der Waals surface area contributed by atoms with Crippen LogP contribution in [0.15, 0.2) is 21.5 Å². The van der Waals surface area contributed by atoms with Crippen molar-refractivity contribution in [2.75, 3.05) is 27.2 Å². The summed E-state index contributed by atoms with van der Waals surface area (Å²) >= 11 is 0. The maximum atomic E-state index is 12.4. The average molecular weight is 349 g/mol. The van der Waals surface area contributed by atoms with Gasteiger partial charge in [0.1, 0.15) is 11.9 Å². The minimum absolute atomic E-state index is 0.00619. The summed E-state index contributed by atoms with van der Waals surface area (Å²) in [5.74, 6) is 0.487. The molecule has 0 radical (unpaired) electrons. The van der Waals surface area contributed by atoms with E-state index in [4.69, 9.17) is 4.52 Å². The van der Waals surface area contributed by atoms with Crippen molar-refractivity contribution in [1.82, 2.24) is 24.7 Å². The molecule has 1 aliphatic rings. The summed E-state index contributed by atoms with van der Waals surface area (Å²) in [5.41, 5.74) is 1.25. The van der Waals surface area contributed by atoms with Gasteiger partial charge in [0.15, 0.2) is 0 Å². The zero-order chi connectivity index (χ0) is 18.0. The number of aryl methyl sites for hydroxylation is 1. The summed E-state index contributed by atoms with van der Waals surface area (Å²) in [6.45, 7) is 2.15. The smallest absolute Gasteiger partial charge is 0.280 e. The summed E-state index contributed by atoms with van der Waals surface area (Å²) in [6, 6.07) is 3.22. The molecule has 0 unspecified atom stereocenters. The van der Waals surface area contributed by atoms with Crippen LogP contribution in [0, 0.1) is 0 Å². The van der Waals surface area contributed by atoms with Crippen LogP contribution in [0.4, 0.5) is 0 Å². The topological polar surface area (TPSA) is 108 Å². The molecule has 1 atom stereocenters. The van der Waals surface area contributed by atoms with Crippen LogP contribution in [0.2, 0.25) is 0 Å². The van der Waals surface area contributed by atoms with Crippen LogP contribution in [0.5, 0.6) is 0 Å². The molecule has 0 fully saturated rings. The first kappa shape index (κ1) is 17.4. The minimum atomic E-state index is -0.645. The first-order chi connectivity index (χ1) is 11.9. The third-order valence-electron chi connectivity index (χ3n) is 4.21.